The van der Waals surface area contributed by atoms with Crippen molar-refractivity contribution in [2.75, 3.05) is 11.1 Å². The van der Waals surface area contributed by atoms with Gasteiger partial charge in [-0.15, -0.1) is 0 Å². The van der Waals surface area contributed by atoms with Gasteiger partial charge in [0.15, 0.2) is 5.16 Å². The Balaban J connectivity index is 1.81. The largest absolute Gasteiger partial charge is 0.366 e. The van der Waals surface area contributed by atoms with Crippen LogP contribution in [0.3, 0.4) is 0 Å². The number of rotatable bonds is 6. The summed E-state index contributed by atoms with van der Waals surface area (Å²) in [5, 5.41) is 3.09. The first-order valence-electron chi connectivity index (χ1n) is 8.43. The first-order valence-corrected chi connectivity index (χ1v) is 9.42. The van der Waals surface area contributed by atoms with Crippen molar-refractivity contribution in [3.8, 4) is 5.69 Å². The first-order chi connectivity index (χ1) is 13.5. The molecule has 1 heterocycles. The molecule has 3 rings (SSSR count). The zero-order valence-electron chi connectivity index (χ0n) is 15.1. The van der Waals surface area contributed by atoms with E-state index in [0.29, 0.717) is 22.2 Å². The molecule has 28 heavy (non-hydrogen) atoms. The van der Waals surface area contributed by atoms with Crippen LogP contribution in [0, 0.1) is 6.92 Å². The fourth-order valence-electron chi connectivity index (χ4n) is 2.61. The Hall–Kier alpha value is -3.39. The summed E-state index contributed by atoms with van der Waals surface area (Å²) in [4.78, 5) is 40.7. The van der Waals surface area contributed by atoms with Gasteiger partial charge < -0.3 is 11.1 Å². The van der Waals surface area contributed by atoms with Crippen molar-refractivity contribution >= 4 is 29.3 Å². The van der Waals surface area contributed by atoms with Crippen LogP contribution in [0.15, 0.2) is 70.6 Å². The van der Waals surface area contributed by atoms with Gasteiger partial charge in [0.1, 0.15) is 0 Å². The number of hydrogen-bond donors (Lipinski definition) is 2. The number of carbonyl (C=O) groups excluding carboxylic acids is 2. The molecule has 142 valence electrons. The highest BCUT2D eigenvalue weighted by Crippen LogP contribution is 2.20. The zero-order chi connectivity index (χ0) is 20.1. The molecule has 2 amide bonds. The highest BCUT2D eigenvalue weighted by Gasteiger charge is 2.14. The minimum absolute atomic E-state index is 0.00975. The SMILES string of the molecule is Cc1cc(=O)n(-c2ccccc2)c(SCC(=O)Nc2ccccc2C(N)=O)n1. The number of hydrogen-bond acceptors (Lipinski definition) is 5. The molecule has 8 heteroatoms. The average molecular weight is 394 g/mol. The summed E-state index contributed by atoms with van der Waals surface area (Å²) in [5.74, 6) is -0.952. The summed E-state index contributed by atoms with van der Waals surface area (Å²) in [6, 6.07) is 17.1. The molecule has 0 atom stereocenters. The number of nitrogens with zero attached hydrogens (tertiary/aromatic N) is 2. The minimum Gasteiger partial charge on any atom is -0.366 e. The number of primary amides is 1. The molecule has 2 aromatic carbocycles. The van der Waals surface area contributed by atoms with E-state index in [4.69, 9.17) is 5.73 Å². The van der Waals surface area contributed by atoms with Crippen LogP contribution in [0.2, 0.25) is 0 Å². The Morgan fingerprint density at radius 1 is 1.11 bits per heavy atom. The van der Waals surface area contributed by atoms with E-state index in [1.165, 1.54) is 10.6 Å². The molecule has 0 bridgehead atoms. The number of thioether (sulfide) groups is 1. The van der Waals surface area contributed by atoms with Crippen LogP contribution in [-0.2, 0) is 4.79 Å². The molecular formula is C20H18N4O3S. The number of para-hydroxylation sites is 2. The van der Waals surface area contributed by atoms with Crippen molar-refractivity contribution in [1.29, 1.82) is 0 Å². The van der Waals surface area contributed by atoms with E-state index >= 15 is 0 Å². The van der Waals surface area contributed by atoms with E-state index in [2.05, 4.69) is 10.3 Å². The van der Waals surface area contributed by atoms with Gasteiger partial charge in [-0.25, -0.2) is 4.98 Å². The molecule has 0 fully saturated rings. The maximum absolute atomic E-state index is 12.5. The van der Waals surface area contributed by atoms with Gasteiger partial charge in [0.05, 0.1) is 22.7 Å². The van der Waals surface area contributed by atoms with Crippen LogP contribution in [0.25, 0.3) is 5.69 Å². The van der Waals surface area contributed by atoms with Gasteiger partial charge in [0.2, 0.25) is 5.91 Å². The topological polar surface area (TPSA) is 107 Å². The molecule has 0 saturated heterocycles. The van der Waals surface area contributed by atoms with Crippen LogP contribution in [0.4, 0.5) is 5.69 Å². The van der Waals surface area contributed by atoms with Crippen LogP contribution in [0.5, 0.6) is 0 Å². The van der Waals surface area contributed by atoms with E-state index in [0.717, 1.165) is 11.8 Å². The molecule has 0 aliphatic rings. The van der Waals surface area contributed by atoms with Crippen molar-refractivity contribution in [3.05, 3.63) is 82.3 Å². The fourth-order valence-corrected chi connectivity index (χ4v) is 3.47. The second-order valence-corrected chi connectivity index (χ2v) is 6.88. The quantitative estimate of drug-likeness (QED) is 0.493. The lowest BCUT2D eigenvalue weighted by molar-refractivity contribution is -0.113. The maximum Gasteiger partial charge on any atom is 0.258 e. The van der Waals surface area contributed by atoms with E-state index in [1.807, 2.05) is 18.2 Å². The number of anilines is 1. The zero-order valence-corrected chi connectivity index (χ0v) is 15.9. The van der Waals surface area contributed by atoms with E-state index in [1.54, 1.807) is 43.3 Å². The number of benzene rings is 2. The van der Waals surface area contributed by atoms with Gasteiger partial charge in [-0.3, -0.25) is 19.0 Å². The number of aryl methyl sites for hydroxylation is 1. The highest BCUT2D eigenvalue weighted by molar-refractivity contribution is 7.99. The van der Waals surface area contributed by atoms with Gasteiger partial charge >= 0.3 is 0 Å². The number of amides is 2. The summed E-state index contributed by atoms with van der Waals surface area (Å²) < 4.78 is 1.46. The Morgan fingerprint density at radius 3 is 2.50 bits per heavy atom. The van der Waals surface area contributed by atoms with Crippen LogP contribution in [-0.4, -0.2) is 27.1 Å². The molecule has 0 aliphatic heterocycles. The minimum atomic E-state index is -0.623. The van der Waals surface area contributed by atoms with E-state index in [9.17, 15) is 14.4 Å². The molecule has 1 aromatic heterocycles. The summed E-state index contributed by atoms with van der Waals surface area (Å²) in [6.07, 6.45) is 0. The highest BCUT2D eigenvalue weighted by atomic mass is 32.2. The van der Waals surface area contributed by atoms with E-state index in [-0.39, 0.29) is 22.8 Å². The van der Waals surface area contributed by atoms with Gasteiger partial charge in [-0.05, 0) is 31.2 Å². The lowest BCUT2D eigenvalue weighted by Crippen LogP contribution is -2.23. The second-order valence-electron chi connectivity index (χ2n) is 5.94. The van der Waals surface area contributed by atoms with Crippen LogP contribution in [0.1, 0.15) is 16.1 Å². The Kier molecular flexibility index (Phi) is 5.90. The van der Waals surface area contributed by atoms with Crippen molar-refractivity contribution in [2.24, 2.45) is 5.73 Å². The molecule has 3 aromatic rings. The maximum atomic E-state index is 12.5. The summed E-state index contributed by atoms with van der Waals surface area (Å²) >= 11 is 1.14. The normalized spacial score (nSPS) is 10.5. The van der Waals surface area contributed by atoms with Crippen molar-refractivity contribution in [1.82, 2.24) is 9.55 Å². The lowest BCUT2D eigenvalue weighted by Gasteiger charge is -2.12. The Morgan fingerprint density at radius 2 is 1.79 bits per heavy atom. The van der Waals surface area contributed by atoms with Gasteiger partial charge in [-0.2, -0.15) is 0 Å². The first kappa shape index (κ1) is 19.4. The van der Waals surface area contributed by atoms with Gasteiger partial charge in [0.25, 0.3) is 11.5 Å². The average Bonchev–Trinajstić information content (AvgIpc) is 2.67. The van der Waals surface area contributed by atoms with Crippen molar-refractivity contribution in [3.63, 3.8) is 0 Å². The van der Waals surface area contributed by atoms with Gasteiger partial charge in [-0.1, -0.05) is 42.1 Å². The number of nitrogens with one attached hydrogen (secondary N) is 1. The number of aromatic nitrogens is 2. The Labute approximate surface area is 165 Å². The smallest absolute Gasteiger partial charge is 0.258 e. The summed E-state index contributed by atoms with van der Waals surface area (Å²) in [7, 11) is 0. The molecule has 0 saturated carbocycles. The third-order valence-electron chi connectivity index (χ3n) is 3.83. The monoisotopic (exact) mass is 394 g/mol. The van der Waals surface area contributed by atoms with Crippen LogP contribution < -0.4 is 16.6 Å². The van der Waals surface area contributed by atoms with Gasteiger partial charge in [0, 0.05) is 11.8 Å². The van der Waals surface area contributed by atoms with Crippen molar-refractivity contribution < 1.29 is 9.59 Å². The lowest BCUT2D eigenvalue weighted by atomic mass is 10.1. The molecule has 3 N–H and O–H groups in total. The third-order valence-corrected chi connectivity index (χ3v) is 4.77. The second kappa shape index (κ2) is 8.53. The third kappa shape index (κ3) is 4.47. The predicted octanol–water partition coefficient (Wildman–Crippen LogP) is 2.37. The Bertz CT molecular complexity index is 1080. The molecular weight excluding hydrogens is 376 g/mol. The molecule has 0 unspecified atom stereocenters. The number of nitrogens with two attached hydrogens (primary N) is 1. The number of carbonyl (C=O) groups is 2. The predicted molar refractivity (Wildman–Crippen MR) is 109 cm³/mol. The molecule has 7 nitrogen and oxygen atoms in total. The molecule has 0 radical (unpaired) electrons. The summed E-state index contributed by atoms with van der Waals surface area (Å²) in [6.45, 7) is 1.73. The summed E-state index contributed by atoms with van der Waals surface area (Å²) in [5.41, 5.74) is 6.92. The molecule has 0 aliphatic carbocycles. The van der Waals surface area contributed by atoms with Crippen molar-refractivity contribution in [2.45, 2.75) is 12.1 Å². The van der Waals surface area contributed by atoms with E-state index < -0.39 is 5.91 Å². The fraction of sp³-hybridized carbons (Fsp3) is 0.100. The van der Waals surface area contributed by atoms with Crippen LogP contribution >= 0.6 is 11.8 Å². The standard InChI is InChI=1S/C20H18N4O3S/c1-13-11-18(26)24(14-7-3-2-4-8-14)20(22-13)28-12-17(25)23-16-10-6-5-9-15(16)19(21)27/h2-11H,12H2,1H3,(H2,21,27)(H,23,25). The molecule has 0 spiro atoms.